The fraction of sp³-hybridized carbons (Fsp3) is 0.263. The molecule has 8 heteroatoms. The maximum Gasteiger partial charge on any atom is 0.326 e. The molecule has 0 unspecified atom stereocenters. The van der Waals surface area contributed by atoms with Crippen LogP contribution in [0.1, 0.15) is 13.3 Å². The predicted molar refractivity (Wildman–Crippen MR) is 111 cm³/mol. The van der Waals surface area contributed by atoms with E-state index < -0.39 is 0 Å². The Morgan fingerprint density at radius 3 is 2.41 bits per heavy atom. The molecule has 0 aliphatic rings. The van der Waals surface area contributed by atoms with Gasteiger partial charge in [0.2, 0.25) is 0 Å². The van der Waals surface area contributed by atoms with Crippen LogP contribution in [0.5, 0.6) is 0 Å². The number of benzene rings is 2. The van der Waals surface area contributed by atoms with E-state index in [0.717, 1.165) is 5.69 Å². The summed E-state index contributed by atoms with van der Waals surface area (Å²) < 4.78 is 0. The third-order valence-corrected chi connectivity index (χ3v) is 4.40. The number of carbonyl (C=O) groups is 2. The number of para-hydroxylation sites is 1. The fourth-order valence-corrected chi connectivity index (χ4v) is 2.68. The van der Waals surface area contributed by atoms with Crippen LogP contribution in [0, 0.1) is 0 Å². The molecule has 144 valence electrons. The number of nitrogens with zero attached hydrogens (tertiary/aromatic N) is 1. The second-order valence-corrected chi connectivity index (χ2v) is 6.50. The number of halogens is 2. The summed E-state index contributed by atoms with van der Waals surface area (Å²) in [5.74, 6) is 0. The van der Waals surface area contributed by atoms with Crippen LogP contribution < -0.4 is 20.9 Å². The van der Waals surface area contributed by atoms with E-state index >= 15 is 0 Å². The fourth-order valence-electron chi connectivity index (χ4n) is 2.38. The molecule has 0 radical (unpaired) electrons. The highest BCUT2D eigenvalue weighted by Gasteiger charge is 2.16. The lowest BCUT2D eigenvalue weighted by Gasteiger charge is -2.23. The van der Waals surface area contributed by atoms with Gasteiger partial charge >= 0.3 is 12.1 Å². The van der Waals surface area contributed by atoms with Crippen molar-refractivity contribution in [1.82, 2.24) is 10.6 Å². The van der Waals surface area contributed by atoms with Gasteiger partial charge in [-0.1, -0.05) is 41.4 Å². The summed E-state index contributed by atoms with van der Waals surface area (Å²) in [5, 5.41) is 9.03. The SMILES string of the molecule is CCNC(=O)NCCCN(C(=O)Nc1ccc(Cl)c(Cl)c1)c1ccccc1. The number of hydrogen-bond acceptors (Lipinski definition) is 2. The molecule has 0 atom stereocenters. The molecule has 6 nitrogen and oxygen atoms in total. The number of carbonyl (C=O) groups excluding carboxylic acids is 2. The topological polar surface area (TPSA) is 73.5 Å². The van der Waals surface area contributed by atoms with Crippen LogP contribution in [-0.4, -0.2) is 31.7 Å². The van der Waals surface area contributed by atoms with E-state index in [1.165, 1.54) is 0 Å². The molecule has 0 aromatic heterocycles. The zero-order valence-corrected chi connectivity index (χ0v) is 16.5. The molecule has 4 amide bonds. The van der Waals surface area contributed by atoms with E-state index in [1.807, 2.05) is 37.3 Å². The normalized spacial score (nSPS) is 10.2. The van der Waals surface area contributed by atoms with Gasteiger partial charge in [-0.3, -0.25) is 4.90 Å². The van der Waals surface area contributed by atoms with Gasteiger partial charge in [0.15, 0.2) is 0 Å². The van der Waals surface area contributed by atoms with Crippen LogP contribution in [0.4, 0.5) is 21.0 Å². The number of amides is 4. The summed E-state index contributed by atoms with van der Waals surface area (Å²) >= 11 is 11.9. The van der Waals surface area contributed by atoms with Crippen molar-refractivity contribution in [3.8, 4) is 0 Å². The third kappa shape index (κ3) is 6.66. The van der Waals surface area contributed by atoms with Gasteiger partial charge in [-0.05, 0) is 43.7 Å². The average Bonchev–Trinajstić information content (AvgIpc) is 2.65. The van der Waals surface area contributed by atoms with Gasteiger partial charge in [-0.25, -0.2) is 9.59 Å². The molecule has 27 heavy (non-hydrogen) atoms. The van der Waals surface area contributed by atoms with Gasteiger partial charge in [0.05, 0.1) is 10.0 Å². The molecular formula is C19H22Cl2N4O2. The molecule has 0 spiro atoms. The minimum atomic E-state index is -0.294. The molecule has 0 aliphatic heterocycles. The summed E-state index contributed by atoms with van der Waals surface area (Å²) in [6.07, 6.45) is 0.598. The second kappa shape index (κ2) is 10.6. The van der Waals surface area contributed by atoms with E-state index in [9.17, 15) is 9.59 Å². The molecule has 2 aromatic rings. The first-order valence-electron chi connectivity index (χ1n) is 8.61. The zero-order valence-electron chi connectivity index (χ0n) is 15.0. The molecule has 0 fully saturated rings. The van der Waals surface area contributed by atoms with Gasteiger partial charge < -0.3 is 16.0 Å². The van der Waals surface area contributed by atoms with Crippen LogP contribution in [0.15, 0.2) is 48.5 Å². The number of urea groups is 2. The highest BCUT2D eigenvalue weighted by Crippen LogP contribution is 2.25. The Hall–Kier alpha value is -2.44. The van der Waals surface area contributed by atoms with E-state index in [-0.39, 0.29) is 12.1 Å². The Kier molecular flexibility index (Phi) is 8.23. The van der Waals surface area contributed by atoms with E-state index in [4.69, 9.17) is 23.2 Å². The maximum atomic E-state index is 12.8. The molecule has 0 aliphatic carbocycles. The Labute approximate surface area is 168 Å². The van der Waals surface area contributed by atoms with Crippen molar-refractivity contribution in [3.63, 3.8) is 0 Å². The largest absolute Gasteiger partial charge is 0.338 e. The number of hydrogen-bond donors (Lipinski definition) is 3. The first-order valence-corrected chi connectivity index (χ1v) is 9.37. The van der Waals surface area contributed by atoms with E-state index in [0.29, 0.717) is 41.8 Å². The predicted octanol–water partition coefficient (Wildman–Crippen LogP) is 4.74. The summed E-state index contributed by atoms with van der Waals surface area (Å²) in [4.78, 5) is 25.8. The van der Waals surface area contributed by atoms with Crippen molar-refractivity contribution in [1.29, 1.82) is 0 Å². The lowest BCUT2D eigenvalue weighted by Crippen LogP contribution is -2.39. The van der Waals surface area contributed by atoms with Crippen molar-refractivity contribution in [2.24, 2.45) is 0 Å². The molecule has 0 saturated heterocycles. The highest BCUT2D eigenvalue weighted by atomic mass is 35.5. The van der Waals surface area contributed by atoms with Gasteiger partial charge in [-0.15, -0.1) is 0 Å². The molecule has 2 rings (SSSR count). The van der Waals surface area contributed by atoms with Gasteiger partial charge in [0.25, 0.3) is 0 Å². The van der Waals surface area contributed by atoms with Crippen LogP contribution in [0.2, 0.25) is 10.0 Å². The van der Waals surface area contributed by atoms with Crippen molar-refractivity contribution >= 4 is 46.6 Å². The summed E-state index contributed by atoms with van der Waals surface area (Å²) in [5.41, 5.74) is 1.31. The summed E-state index contributed by atoms with van der Waals surface area (Å²) in [6.45, 7) is 3.30. The van der Waals surface area contributed by atoms with E-state index in [1.54, 1.807) is 23.1 Å². The van der Waals surface area contributed by atoms with Crippen LogP contribution in [-0.2, 0) is 0 Å². The Morgan fingerprint density at radius 1 is 1.00 bits per heavy atom. The van der Waals surface area contributed by atoms with E-state index in [2.05, 4.69) is 16.0 Å². The lowest BCUT2D eigenvalue weighted by atomic mass is 10.2. The summed E-state index contributed by atoms with van der Waals surface area (Å²) in [7, 11) is 0. The van der Waals surface area contributed by atoms with Crippen molar-refractivity contribution in [2.75, 3.05) is 29.9 Å². The Balaban J connectivity index is 2.02. The van der Waals surface area contributed by atoms with Gasteiger partial charge in [-0.2, -0.15) is 0 Å². The third-order valence-electron chi connectivity index (χ3n) is 3.67. The molecule has 3 N–H and O–H groups in total. The van der Waals surface area contributed by atoms with Crippen LogP contribution >= 0.6 is 23.2 Å². The zero-order chi connectivity index (χ0) is 19.6. The minimum Gasteiger partial charge on any atom is -0.338 e. The van der Waals surface area contributed by atoms with Crippen molar-refractivity contribution < 1.29 is 9.59 Å². The standard InChI is InChI=1S/C19H22Cl2N4O2/c1-2-22-18(26)23-11-6-12-25(15-7-4-3-5-8-15)19(27)24-14-9-10-16(20)17(21)13-14/h3-5,7-10,13H,2,6,11-12H2,1H3,(H,24,27)(H2,22,23,26). The second-order valence-electron chi connectivity index (χ2n) is 5.69. The number of nitrogens with one attached hydrogen (secondary N) is 3. The smallest absolute Gasteiger partial charge is 0.326 e. The summed E-state index contributed by atoms with van der Waals surface area (Å²) in [6, 6.07) is 13.7. The van der Waals surface area contributed by atoms with Crippen LogP contribution in [0.3, 0.4) is 0 Å². The average molecular weight is 409 g/mol. The molecular weight excluding hydrogens is 387 g/mol. The highest BCUT2D eigenvalue weighted by molar-refractivity contribution is 6.42. The number of rotatable bonds is 7. The molecule has 0 heterocycles. The van der Waals surface area contributed by atoms with Crippen LogP contribution in [0.25, 0.3) is 0 Å². The maximum absolute atomic E-state index is 12.8. The molecule has 0 saturated carbocycles. The first kappa shape index (κ1) is 20.9. The monoisotopic (exact) mass is 408 g/mol. The Bertz CT molecular complexity index is 772. The van der Waals surface area contributed by atoms with Crippen molar-refractivity contribution in [3.05, 3.63) is 58.6 Å². The first-order chi connectivity index (χ1) is 13.0. The number of anilines is 2. The van der Waals surface area contributed by atoms with Gasteiger partial charge in [0, 0.05) is 31.0 Å². The van der Waals surface area contributed by atoms with Gasteiger partial charge in [0.1, 0.15) is 0 Å². The molecule has 2 aromatic carbocycles. The Morgan fingerprint density at radius 2 is 1.74 bits per heavy atom. The quantitative estimate of drug-likeness (QED) is 0.578. The molecule has 0 bridgehead atoms. The minimum absolute atomic E-state index is 0.219. The van der Waals surface area contributed by atoms with Crippen molar-refractivity contribution in [2.45, 2.75) is 13.3 Å². The lowest BCUT2D eigenvalue weighted by molar-refractivity contribution is 0.241.